The summed E-state index contributed by atoms with van der Waals surface area (Å²) < 4.78 is 13.3. The van der Waals surface area contributed by atoms with E-state index in [0.29, 0.717) is 57.5 Å². The number of nitrogen functional groups attached to an aromatic ring is 2. The zero-order valence-electron chi connectivity index (χ0n) is 37.1. The van der Waals surface area contributed by atoms with Crippen LogP contribution in [-0.2, 0) is 87.9 Å². The fourth-order valence-corrected chi connectivity index (χ4v) is 6.40. The Kier molecular flexibility index (Phi) is 27.2. The van der Waals surface area contributed by atoms with Crippen LogP contribution in [0.3, 0.4) is 0 Å². The van der Waals surface area contributed by atoms with Crippen molar-refractivity contribution in [2.45, 2.75) is 0 Å². The Hall–Kier alpha value is -5.17. The number of hydrogen-bond acceptors (Lipinski definition) is 19. The van der Waals surface area contributed by atoms with E-state index in [1.165, 1.54) is 19.0 Å². The Labute approximate surface area is 465 Å². The van der Waals surface area contributed by atoms with E-state index in [1.807, 2.05) is 72.5 Å². The Morgan fingerprint density at radius 2 is 1.20 bits per heavy atom. The maximum absolute atomic E-state index is 11.4. The van der Waals surface area contributed by atoms with Gasteiger partial charge in [0.2, 0.25) is 23.3 Å². The summed E-state index contributed by atoms with van der Waals surface area (Å²) in [5.41, 5.74) is 18.4. The van der Waals surface area contributed by atoms with E-state index < -0.39 is 0 Å². The SMILES string of the molecule is Br.CN1C=[N+](C)[C-]2C(=O)NC(N)=[NH+][C-]21.CN1[CH-]N(C)c2c1nc[nH]c2=O.CN1[CH-]N(C)c2c1nc[nH]c2=O.Cn1c[n+](C)c2nc(N)[nH]c(=O)c21.Nc1nc2nc[nH]c2c(=O)[nH]1.O.[Ag+].[Ag].[Br-].[Br-].[O]=[Ag]. The number of carbonyl (C=O) groups excluding carboxylic acids is 1. The number of aromatic amines is 5. The van der Waals surface area contributed by atoms with Crippen LogP contribution in [0.2, 0.25) is 0 Å². The quantitative estimate of drug-likeness (QED) is 0.0383. The molecule has 0 aliphatic carbocycles. The van der Waals surface area contributed by atoms with E-state index >= 15 is 0 Å². The Balaban J connectivity index is 0. The van der Waals surface area contributed by atoms with Crippen LogP contribution in [0.4, 0.5) is 34.9 Å². The standard InChI is InChI=1S/C7H11N5O.C7H9N5O.2C7H9N4O.C5H5N5O.3Ag.3BrH.H2O.O/c2*1-11-3-12(2)5-4(11)6(13)10-7(8)9-5;2*1-10-4-11(2)6-5(10)7(12)9-3-8-6;6-5-9-3-2(4(11)10-5)7-1-8-3;;;;;;;;/h3,9H,8H2,1-2H3,(H,10,13);3H,1-2H3,(H2-,8,9,10,13);2*3-4H,1-2H3,(H,8,9,12);1H,(H4,6,7,8,9,10,11);;;;3*1H;1H2;/q;;2*-1;;;;+1;;;;;/p-1. The van der Waals surface area contributed by atoms with Gasteiger partial charge in [-0.15, -0.1) is 17.0 Å². The van der Waals surface area contributed by atoms with Crippen LogP contribution in [0, 0.1) is 25.5 Å². The molecule has 0 fully saturated rings. The molecule has 6 aromatic rings. The summed E-state index contributed by atoms with van der Waals surface area (Å²) in [6.07, 6.45) is 8.49. The number of H-pyrrole nitrogens is 5. The molecule has 10 rings (SSSR count). The number of halogens is 3. The van der Waals surface area contributed by atoms with Crippen molar-refractivity contribution >= 4 is 92.4 Å². The number of nitrogens with zero attached hydrogens (tertiary/aromatic N) is 13. The van der Waals surface area contributed by atoms with Crippen LogP contribution < -0.4 is 108 Å². The van der Waals surface area contributed by atoms with Gasteiger partial charge in [-0.25, -0.2) is 19.5 Å². The Morgan fingerprint density at radius 3 is 1.71 bits per heavy atom. The van der Waals surface area contributed by atoms with Gasteiger partial charge in [0.1, 0.15) is 23.0 Å². The van der Waals surface area contributed by atoms with E-state index in [4.69, 9.17) is 20.5 Å². The average molecular weight is 1440 g/mol. The Bertz CT molecular complexity index is 2890. The molecule has 1 amide bonds. The number of aromatic nitrogens is 12. The summed E-state index contributed by atoms with van der Waals surface area (Å²) in [6.45, 7) is 3.62. The normalized spacial score (nSPS) is 13.1. The van der Waals surface area contributed by atoms with E-state index in [0.717, 1.165) is 0 Å². The fraction of sp³-hybridized carbons (Fsp3) is 0.242. The maximum atomic E-state index is 11.4. The number of rotatable bonds is 0. The number of aryl methyl sites for hydroxylation is 2. The van der Waals surface area contributed by atoms with E-state index in [-0.39, 0.29) is 147 Å². The molecule has 0 saturated heterocycles. The summed E-state index contributed by atoms with van der Waals surface area (Å²) in [5.74, 6) is 1.69. The second-order valence-corrected chi connectivity index (χ2v) is 13.5. The van der Waals surface area contributed by atoms with Crippen molar-refractivity contribution in [2.24, 2.45) is 19.8 Å². The van der Waals surface area contributed by atoms with Gasteiger partial charge in [0.15, 0.2) is 17.5 Å². The number of imidazole rings is 2. The van der Waals surface area contributed by atoms with Crippen molar-refractivity contribution in [3.05, 3.63) is 92.3 Å². The van der Waals surface area contributed by atoms with Crippen molar-refractivity contribution in [3.8, 4) is 0 Å². The number of hydrogen-bond donors (Lipinski definition) is 10. The molecule has 0 bridgehead atoms. The van der Waals surface area contributed by atoms with Gasteiger partial charge in [-0.05, 0) is 28.2 Å². The van der Waals surface area contributed by atoms with Gasteiger partial charge in [-0.3, -0.25) is 38.5 Å². The molecule has 69 heavy (non-hydrogen) atoms. The average Bonchev–Trinajstić information content (AvgIpc) is 4.01. The molecule has 0 aromatic carbocycles. The zero-order valence-corrected chi connectivity index (χ0v) is 46.4. The van der Waals surface area contributed by atoms with Gasteiger partial charge in [0.05, 0.1) is 51.6 Å². The summed E-state index contributed by atoms with van der Waals surface area (Å²) >= 11 is 1.70. The van der Waals surface area contributed by atoms with Crippen molar-refractivity contribution in [1.29, 1.82) is 0 Å². The third-order valence-electron chi connectivity index (χ3n) is 8.92. The molecule has 4 aliphatic heterocycles. The number of carbonyl (C=O) groups is 1. The summed E-state index contributed by atoms with van der Waals surface area (Å²) in [5, 5.41) is 2.50. The molecule has 0 atom stereocenters. The van der Waals surface area contributed by atoms with Gasteiger partial charge in [0, 0.05) is 36.5 Å². The van der Waals surface area contributed by atoms with Crippen molar-refractivity contribution in [1.82, 2.24) is 64.6 Å². The molecule has 0 saturated carbocycles. The topological polar surface area (TPSA) is 409 Å². The number of nitrogens with two attached hydrogens (primary N) is 3. The molecule has 6 aromatic heterocycles. The molecule has 15 N–H and O–H groups in total. The fourth-order valence-electron chi connectivity index (χ4n) is 6.40. The van der Waals surface area contributed by atoms with Crippen LogP contribution in [-0.4, -0.2) is 130 Å². The predicted molar refractivity (Wildman–Crippen MR) is 237 cm³/mol. The second kappa shape index (κ2) is 28.5. The Morgan fingerprint density at radius 1 is 0.725 bits per heavy atom. The summed E-state index contributed by atoms with van der Waals surface area (Å²) in [6, 6.07) is 0.580. The van der Waals surface area contributed by atoms with Crippen molar-refractivity contribution in [3.63, 3.8) is 0 Å². The zero-order chi connectivity index (χ0) is 46.4. The van der Waals surface area contributed by atoms with Crippen LogP contribution >= 0.6 is 17.0 Å². The van der Waals surface area contributed by atoms with Crippen LogP contribution in [0.25, 0.3) is 22.3 Å². The van der Waals surface area contributed by atoms with E-state index in [9.17, 15) is 24.0 Å². The van der Waals surface area contributed by atoms with Gasteiger partial charge < -0.3 is 111 Å². The molecule has 4 aliphatic rings. The second-order valence-electron chi connectivity index (χ2n) is 13.5. The van der Waals surface area contributed by atoms with Gasteiger partial charge in [0.25, 0.3) is 28.2 Å². The number of amides is 1. The first-order valence-electron chi connectivity index (χ1n) is 17.9. The van der Waals surface area contributed by atoms with Crippen molar-refractivity contribution in [2.75, 3.05) is 73.4 Å². The van der Waals surface area contributed by atoms with E-state index in [1.54, 1.807) is 69.2 Å². The predicted octanol–water partition coefficient (Wildman–Crippen LogP) is -12.8. The molecule has 30 nitrogen and oxygen atoms in total. The monoisotopic (exact) mass is 1430 g/mol. The molecule has 0 unspecified atom stereocenters. The number of nitrogens with one attached hydrogen (secondary N) is 7. The summed E-state index contributed by atoms with van der Waals surface area (Å²) in [7, 11) is 14.6. The van der Waals surface area contributed by atoms with Crippen LogP contribution in [0.1, 0.15) is 0 Å². The minimum absolute atomic E-state index is 0. The number of fused-ring (bicyclic) bond motifs is 5. The van der Waals surface area contributed by atoms with Gasteiger partial charge in [-0.2, -0.15) is 18.3 Å². The third-order valence-corrected chi connectivity index (χ3v) is 8.92. The first-order chi connectivity index (χ1) is 29.9. The molecule has 10 heterocycles. The molecule has 36 heteroatoms. The molecular formula is C33H47Ag3Br3N23O7-2. The molecular weight excluding hydrogens is 1390 g/mol. The minimum atomic E-state index is -0.301. The molecule has 1 radical (unpaired) electrons. The number of anilines is 6. The van der Waals surface area contributed by atoms with E-state index in [2.05, 4.69) is 60.1 Å². The number of likely N-dealkylation sites (N-methyl/N-ethyl adjacent to an activating group) is 2. The van der Waals surface area contributed by atoms with Crippen LogP contribution in [0.5, 0.6) is 0 Å². The molecule has 392 valence electrons. The van der Waals surface area contributed by atoms with Crippen LogP contribution in [0.15, 0.2) is 44.5 Å². The number of guanidine groups is 1. The van der Waals surface area contributed by atoms with Gasteiger partial charge >= 0.3 is 52.3 Å². The third kappa shape index (κ3) is 14.9. The van der Waals surface area contributed by atoms with Crippen molar-refractivity contribution < 1.29 is 127 Å². The first kappa shape index (κ1) is 65.9. The molecule has 0 spiro atoms. The first-order valence-corrected chi connectivity index (χ1v) is 18.5. The summed E-state index contributed by atoms with van der Waals surface area (Å²) in [4.78, 5) is 100. The van der Waals surface area contributed by atoms with Gasteiger partial charge in [-0.1, -0.05) is 4.98 Å².